The summed E-state index contributed by atoms with van der Waals surface area (Å²) in [7, 11) is 0. The monoisotopic (exact) mass is 407 g/mol. The number of unbranched alkanes of at least 4 members (excludes halogenated alkanes) is 1. The Balaban J connectivity index is 2.38. The highest BCUT2D eigenvalue weighted by molar-refractivity contribution is 6.13. The third-order valence-corrected chi connectivity index (χ3v) is 4.56. The molecule has 0 saturated carbocycles. The lowest BCUT2D eigenvalue weighted by atomic mass is 10.0. The number of benzene rings is 2. The summed E-state index contributed by atoms with van der Waals surface area (Å²) in [6.07, 6.45) is 3.07. The van der Waals surface area contributed by atoms with Crippen LogP contribution in [0.25, 0.3) is 0 Å². The molecule has 0 fully saturated rings. The first-order valence-electron chi connectivity index (χ1n) is 10.7. The molecule has 0 aliphatic carbocycles. The quantitative estimate of drug-likeness (QED) is 0.371. The molecule has 0 aliphatic rings. The van der Waals surface area contributed by atoms with Gasteiger partial charge in [-0.15, -0.1) is 0 Å². The average Bonchev–Trinajstić information content (AvgIpc) is 2.72. The second-order valence-electron chi connectivity index (χ2n) is 8.44. The summed E-state index contributed by atoms with van der Waals surface area (Å²) in [5, 5.41) is 0. The van der Waals surface area contributed by atoms with E-state index >= 15 is 0 Å². The molecule has 2 aromatic carbocycles. The van der Waals surface area contributed by atoms with Crippen molar-refractivity contribution in [3.8, 4) is 0 Å². The van der Waals surface area contributed by atoms with Crippen molar-refractivity contribution >= 4 is 17.5 Å². The fraction of sp³-hybridized carbons (Fsp3) is 0.423. The van der Waals surface area contributed by atoms with Crippen molar-refractivity contribution in [3.63, 3.8) is 0 Å². The van der Waals surface area contributed by atoms with Crippen molar-refractivity contribution in [1.29, 1.82) is 0 Å². The lowest BCUT2D eigenvalue weighted by Crippen LogP contribution is -2.32. The number of aliphatic imine (C=N–C) groups is 1. The van der Waals surface area contributed by atoms with Crippen molar-refractivity contribution in [2.75, 3.05) is 0 Å². The average molecular weight is 408 g/mol. The van der Waals surface area contributed by atoms with E-state index in [0.717, 1.165) is 29.7 Å². The number of ether oxygens (including phenoxy) is 1. The molecular formula is C26H33NO3. The van der Waals surface area contributed by atoms with Gasteiger partial charge in [0.15, 0.2) is 0 Å². The minimum absolute atomic E-state index is 0.168. The van der Waals surface area contributed by atoms with E-state index in [0.29, 0.717) is 19.3 Å². The lowest BCUT2D eigenvalue weighted by molar-refractivity contribution is -0.156. The second-order valence-corrected chi connectivity index (χ2v) is 8.44. The maximum Gasteiger partial charge on any atom is 0.331 e. The van der Waals surface area contributed by atoms with Gasteiger partial charge in [-0.2, -0.15) is 0 Å². The van der Waals surface area contributed by atoms with E-state index in [1.807, 2.05) is 81.4 Å². The van der Waals surface area contributed by atoms with Gasteiger partial charge in [-0.25, -0.2) is 4.79 Å². The molecule has 160 valence electrons. The molecule has 4 nitrogen and oxygen atoms in total. The van der Waals surface area contributed by atoms with Crippen LogP contribution in [0.1, 0.15) is 70.9 Å². The van der Waals surface area contributed by atoms with Gasteiger partial charge in [-0.05, 0) is 33.6 Å². The normalized spacial score (nSPS) is 12.1. The van der Waals surface area contributed by atoms with Crippen LogP contribution in [0.5, 0.6) is 0 Å². The third-order valence-electron chi connectivity index (χ3n) is 4.56. The Morgan fingerprint density at radius 3 is 1.90 bits per heavy atom. The van der Waals surface area contributed by atoms with E-state index in [-0.39, 0.29) is 5.78 Å². The van der Waals surface area contributed by atoms with Crippen molar-refractivity contribution < 1.29 is 14.3 Å². The number of esters is 1. The smallest absolute Gasteiger partial charge is 0.331 e. The maximum absolute atomic E-state index is 12.9. The molecule has 0 amide bonds. The van der Waals surface area contributed by atoms with Crippen LogP contribution in [0.15, 0.2) is 65.7 Å². The summed E-state index contributed by atoms with van der Waals surface area (Å²) in [6, 6.07) is 18.9. The molecule has 0 radical (unpaired) electrons. The maximum atomic E-state index is 12.9. The van der Waals surface area contributed by atoms with Gasteiger partial charge in [0.2, 0.25) is 0 Å². The molecule has 0 aliphatic heterocycles. The molecule has 1 unspecified atom stereocenters. The van der Waals surface area contributed by atoms with Gasteiger partial charge in [-0.1, -0.05) is 74.0 Å². The molecule has 4 heteroatoms. The summed E-state index contributed by atoms with van der Waals surface area (Å²) in [5.74, 6) is -0.225. The van der Waals surface area contributed by atoms with Crippen molar-refractivity contribution in [2.45, 2.75) is 71.4 Å². The van der Waals surface area contributed by atoms with Gasteiger partial charge in [-0.3, -0.25) is 9.79 Å². The summed E-state index contributed by atoms with van der Waals surface area (Å²) >= 11 is 0. The highest BCUT2D eigenvalue weighted by Gasteiger charge is 2.26. The number of Topliss-reactive ketones (excluding diaryl/α,β-unsaturated/α-hetero) is 1. The van der Waals surface area contributed by atoms with Gasteiger partial charge in [0.1, 0.15) is 17.4 Å². The van der Waals surface area contributed by atoms with Crippen molar-refractivity contribution in [2.24, 2.45) is 4.99 Å². The molecule has 2 aromatic rings. The summed E-state index contributed by atoms with van der Waals surface area (Å²) in [5.41, 5.74) is 1.97. The van der Waals surface area contributed by atoms with Crippen LogP contribution in [0.2, 0.25) is 0 Å². The van der Waals surface area contributed by atoms with Gasteiger partial charge in [0, 0.05) is 24.0 Å². The zero-order chi connectivity index (χ0) is 22.0. The minimum atomic E-state index is -0.731. The Labute approximate surface area is 180 Å². The first kappa shape index (κ1) is 23.5. The highest BCUT2D eigenvalue weighted by Crippen LogP contribution is 2.18. The van der Waals surface area contributed by atoms with E-state index in [2.05, 4.69) is 6.92 Å². The summed E-state index contributed by atoms with van der Waals surface area (Å²) in [6.45, 7) is 7.58. The zero-order valence-electron chi connectivity index (χ0n) is 18.6. The number of hydrogen-bond donors (Lipinski definition) is 0. The molecule has 0 saturated heterocycles. The van der Waals surface area contributed by atoms with Crippen LogP contribution in [0.4, 0.5) is 0 Å². The predicted octanol–water partition coefficient (Wildman–Crippen LogP) is 5.77. The van der Waals surface area contributed by atoms with Gasteiger partial charge in [0.05, 0.1) is 5.71 Å². The van der Waals surface area contributed by atoms with E-state index in [9.17, 15) is 9.59 Å². The first-order chi connectivity index (χ1) is 14.3. The molecule has 0 N–H and O–H groups in total. The number of nitrogens with zero attached hydrogens (tertiary/aromatic N) is 1. The predicted molar refractivity (Wildman–Crippen MR) is 122 cm³/mol. The van der Waals surface area contributed by atoms with Crippen LogP contribution < -0.4 is 0 Å². The Bertz CT molecular complexity index is 794. The van der Waals surface area contributed by atoms with Crippen LogP contribution in [0.3, 0.4) is 0 Å². The Hall–Kier alpha value is -2.75. The molecule has 0 aromatic heterocycles. The second kappa shape index (κ2) is 11.4. The SMILES string of the molecule is CCCCC(=O)CCC(N=C(c1ccccc1)c1ccccc1)C(=O)OC(C)(C)C. The van der Waals surface area contributed by atoms with Crippen LogP contribution in [0, 0.1) is 0 Å². The van der Waals surface area contributed by atoms with E-state index in [1.54, 1.807) is 0 Å². The Kier molecular flexibility index (Phi) is 8.97. The number of hydrogen-bond acceptors (Lipinski definition) is 4. The summed E-state index contributed by atoms with van der Waals surface area (Å²) in [4.78, 5) is 30.0. The molecule has 2 rings (SSSR count). The Morgan fingerprint density at radius 1 is 0.900 bits per heavy atom. The topological polar surface area (TPSA) is 55.7 Å². The van der Waals surface area contributed by atoms with Gasteiger partial charge < -0.3 is 4.74 Å². The van der Waals surface area contributed by atoms with Gasteiger partial charge in [0.25, 0.3) is 0 Å². The van der Waals surface area contributed by atoms with Crippen molar-refractivity contribution in [1.82, 2.24) is 0 Å². The highest BCUT2D eigenvalue weighted by atomic mass is 16.6. The Morgan fingerprint density at radius 2 is 1.43 bits per heavy atom. The third kappa shape index (κ3) is 7.94. The van der Waals surface area contributed by atoms with E-state index < -0.39 is 17.6 Å². The van der Waals surface area contributed by atoms with Crippen LogP contribution >= 0.6 is 0 Å². The lowest BCUT2D eigenvalue weighted by Gasteiger charge is -2.23. The molecule has 1 atom stereocenters. The standard InChI is InChI=1S/C26H33NO3/c1-5-6-17-22(28)18-19-23(25(29)30-26(2,3)4)27-24(20-13-9-7-10-14-20)21-15-11-8-12-16-21/h7-16,23H,5-6,17-19H2,1-4H3. The number of rotatable bonds is 10. The molecule has 0 bridgehead atoms. The molecule has 0 spiro atoms. The fourth-order valence-electron chi connectivity index (χ4n) is 3.07. The minimum Gasteiger partial charge on any atom is -0.458 e. The van der Waals surface area contributed by atoms with E-state index in [1.165, 1.54) is 0 Å². The zero-order valence-corrected chi connectivity index (χ0v) is 18.6. The fourth-order valence-corrected chi connectivity index (χ4v) is 3.07. The summed E-state index contributed by atoms with van der Waals surface area (Å²) < 4.78 is 5.63. The van der Waals surface area contributed by atoms with Crippen LogP contribution in [-0.2, 0) is 14.3 Å². The van der Waals surface area contributed by atoms with Crippen LogP contribution in [-0.4, -0.2) is 29.1 Å². The molecule has 30 heavy (non-hydrogen) atoms. The first-order valence-corrected chi connectivity index (χ1v) is 10.7. The largest absolute Gasteiger partial charge is 0.458 e. The molecular weight excluding hydrogens is 374 g/mol. The van der Waals surface area contributed by atoms with E-state index in [4.69, 9.17) is 9.73 Å². The van der Waals surface area contributed by atoms with Gasteiger partial charge >= 0.3 is 5.97 Å². The number of ketones is 1. The number of carbonyl (C=O) groups is 2. The van der Waals surface area contributed by atoms with Crippen molar-refractivity contribution in [3.05, 3.63) is 71.8 Å². The molecule has 0 heterocycles. The number of carbonyl (C=O) groups excluding carboxylic acids is 2.